The molecule has 0 unspecified atom stereocenters. The largest absolute Gasteiger partial charge is 0.348 e. The van der Waals surface area contributed by atoms with Crippen LogP contribution in [0.25, 0.3) is 0 Å². The van der Waals surface area contributed by atoms with Crippen molar-refractivity contribution in [1.82, 2.24) is 19.7 Å². The lowest BCUT2D eigenvalue weighted by Gasteiger charge is -2.14. The number of carbonyl (C=O) groups is 1. The van der Waals surface area contributed by atoms with E-state index in [0.29, 0.717) is 18.0 Å². The van der Waals surface area contributed by atoms with E-state index in [1.807, 2.05) is 0 Å². The van der Waals surface area contributed by atoms with Crippen LogP contribution in [0.3, 0.4) is 0 Å². The van der Waals surface area contributed by atoms with Crippen molar-refractivity contribution < 1.29 is 9.18 Å². The number of nitrogens with one attached hydrogen (secondary N) is 1. The van der Waals surface area contributed by atoms with E-state index >= 15 is 0 Å². The molecule has 3 rings (SSSR count). The Morgan fingerprint density at radius 1 is 1.50 bits per heavy atom. The Kier molecular flexibility index (Phi) is 4.71. The molecule has 1 amide bonds. The summed E-state index contributed by atoms with van der Waals surface area (Å²) in [7, 11) is 0. The van der Waals surface area contributed by atoms with Crippen LogP contribution in [0.2, 0.25) is 5.02 Å². The molecule has 2 aromatic rings. The predicted molar refractivity (Wildman–Crippen MR) is 87.2 cm³/mol. The number of hydrogen-bond donors (Lipinski definition) is 1. The highest BCUT2D eigenvalue weighted by Gasteiger charge is 2.23. The van der Waals surface area contributed by atoms with E-state index in [4.69, 9.17) is 11.6 Å². The average Bonchev–Trinajstić information content (AvgIpc) is 3.29. The van der Waals surface area contributed by atoms with Crippen LogP contribution < -0.4 is 11.0 Å². The third-order valence-electron chi connectivity index (χ3n) is 4.06. The molecule has 0 aliphatic heterocycles. The number of rotatable bonds is 6. The number of carbonyl (C=O) groups excluding carboxylic acids is 1. The Hall–Kier alpha value is -2.15. The quantitative estimate of drug-likeness (QED) is 0.865. The Bertz CT molecular complexity index is 813. The van der Waals surface area contributed by atoms with E-state index in [0.717, 1.165) is 12.8 Å². The Morgan fingerprint density at radius 3 is 2.92 bits per heavy atom. The summed E-state index contributed by atoms with van der Waals surface area (Å²) in [4.78, 5) is 24.2. The Balaban J connectivity index is 1.61. The maximum Gasteiger partial charge on any atom is 0.346 e. The third kappa shape index (κ3) is 3.84. The fraction of sp³-hybridized carbons (Fsp3) is 0.438. The van der Waals surface area contributed by atoms with Gasteiger partial charge < -0.3 is 5.32 Å². The maximum atomic E-state index is 13.5. The van der Waals surface area contributed by atoms with Crippen molar-refractivity contribution in [2.75, 3.05) is 0 Å². The van der Waals surface area contributed by atoms with Gasteiger partial charge in [0.15, 0.2) is 0 Å². The van der Waals surface area contributed by atoms with Gasteiger partial charge in [0.1, 0.15) is 18.7 Å². The lowest BCUT2D eigenvalue weighted by molar-refractivity contribution is -0.122. The fourth-order valence-corrected chi connectivity index (χ4v) is 2.57. The summed E-state index contributed by atoms with van der Waals surface area (Å²) in [6.07, 6.45) is 3.61. The summed E-state index contributed by atoms with van der Waals surface area (Å²) in [5, 5.41) is 6.80. The van der Waals surface area contributed by atoms with E-state index in [1.165, 1.54) is 27.7 Å². The normalized spacial score (nSPS) is 15.3. The topological polar surface area (TPSA) is 68.9 Å². The van der Waals surface area contributed by atoms with E-state index < -0.39 is 11.9 Å². The molecule has 1 atom stereocenters. The first-order valence-corrected chi connectivity index (χ1v) is 8.18. The van der Waals surface area contributed by atoms with E-state index in [9.17, 15) is 14.0 Å². The first-order valence-electron chi connectivity index (χ1n) is 7.80. The summed E-state index contributed by atoms with van der Waals surface area (Å²) >= 11 is 5.65. The summed E-state index contributed by atoms with van der Waals surface area (Å²) in [6.45, 7) is 2.22. The first kappa shape index (κ1) is 16.7. The second-order valence-electron chi connectivity index (χ2n) is 6.13. The highest BCUT2D eigenvalue weighted by atomic mass is 35.5. The van der Waals surface area contributed by atoms with Gasteiger partial charge >= 0.3 is 5.69 Å². The number of nitrogens with zero attached hydrogens (tertiary/aromatic N) is 3. The number of amides is 1. The molecule has 1 heterocycles. The van der Waals surface area contributed by atoms with Crippen LogP contribution in [-0.2, 0) is 17.9 Å². The molecule has 1 aliphatic rings. The molecule has 0 bridgehead atoms. The number of hydrogen-bond acceptors (Lipinski definition) is 3. The number of aromatic nitrogens is 3. The first-order chi connectivity index (χ1) is 11.4. The molecule has 0 radical (unpaired) electrons. The summed E-state index contributed by atoms with van der Waals surface area (Å²) in [6, 6.07) is 3.98. The molecule has 24 heavy (non-hydrogen) atoms. The standard InChI is InChI=1S/C16H18ClFN4O2/c1-10(12-4-5-13(17)14(18)6-12)20-15(23)8-21-9-19-22(16(21)24)7-11-2-3-11/h4-6,9-11H,2-3,7-8H2,1H3,(H,20,23)/t10-/m0/s1. The highest BCUT2D eigenvalue weighted by molar-refractivity contribution is 6.30. The minimum atomic E-state index is -0.534. The van der Waals surface area contributed by atoms with Gasteiger partial charge in [-0.1, -0.05) is 17.7 Å². The van der Waals surface area contributed by atoms with Crippen molar-refractivity contribution in [2.45, 2.75) is 38.9 Å². The van der Waals surface area contributed by atoms with Gasteiger partial charge in [-0.3, -0.25) is 9.36 Å². The number of halogens is 2. The molecule has 6 nitrogen and oxygen atoms in total. The van der Waals surface area contributed by atoms with Crippen molar-refractivity contribution in [3.63, 3.8) is 0 Å². The average molecular weight is 353 g/mol. The molecule has 1 fully saturated rings. The van der Waals surface area contributed by atoms with E-state index in [1.54, 1.807) is 13.0 Å². The zero-order chi connectivity index (χ0) is 17.3. The Labute approximate surface area is 143 Å². The molecular formula is C16H18ClFN4O2. The SMILES string of the molecule is C[C@H](NC(=O)Cn1cnn(CC2CC2)c1=O)c1ccc(Cl)c(F)c1. The second kappa shape index (κ2) is 6.76. The van der Waals surface area contributed by atoms with Crippen LogP contribution in [-0.4, -0.2) is 20.3 Å². The van der Waals surface area contributed by atoms with Crippen LogP contribution in [0.1, 0.15) is 31.4 Å². The zero-order valence-electron chi connectivity index (χ0n) is 13.2. The fourth-order valence-electron chi connectivity index (χ4n) is 2.46. The van der Waals surface area contributed by atoms with Gasteiger partial charge in [0, 0.05) is 6.54 Å². The van der Waals surface area contributed by atoms with Crippen LogP contribution in [0, 0.1) is 11.7 Å². The summed E-state index contributed by atoms with van der Waals surface area (Å²) in [5.41, 5.74) is 0.310. The van der Waals surface area contributed by atoms with Gasteiger partial charge in [0.2, 0.25) is 5.91 Å². The Morgan fingerprint density at radius 2 is 2.25 bits per heavy atom. The van der Waals surface area contributed by atoms with Gasteiger partial charge in [-0.2, -0.15) is 5.10 Å². The van der Waals surface area contributed by atoms with E-state index in [-0.39, 0.29) is 23.2 Å². The number of benzene rings is 1. The van der Waals surface area contributed by atoms with Crippen molar-refractivity contribution in [1.29, 1.82) is 0 Å². The highest BCUT2D eigenvalue weighted by Crippen LogP contribution is 2.29. The van der Waals surface area contributed by atoms with Crippen molar-refractivity contribution in [3.05, 3.63) is 51.4 Å². The molecule has 8 heteroatoms. The lowest BCUT2D eigenvalue weighted by Crippen LogP contribution is -2.34. The van der Waals surface area contributed by atoms with Gasteiger partial charge in [0.25, 0.3) is 0 Å². The summed E-state index contributed by atoms with van der Waals surface area (Å²) in [5.74, 6) is -0.349. The molecule has 1 saturated carbocycles. The molecule has 1 aromatic heterocycles. The van der Waals surface area contributed by atoms with Crippen molar-refractivity contribution in [2.24, 2.45) is 5.92 Å². The second-order valence-corrected chi connectivity index (χ2v) is 6.54. The molecule has 128 valence electrons. The minimum Gasteiger partial charge on any atom is -0.348 e. The molecule has 1 N–H and O–H groups in total. The van der Waals surface area contributed by atoms with Gasteiger partial charge in [0.05, 0.1) is 11.1 Å². The molecular weight excluding hydrogens is 335 g/mol. The summed E-state index contributed by atoms with van der Waals surface area (Å²) < 4.78 is 16.2. The van der Waals surface area contributed by atoms with Crippen LogP contribution in [0.5, 0.6) is 0 Å². The zero-order valence-corrected chi connectivity index (χ0v) is 14.0. The van der Waals surface area contributed by atoms with Crippen LogP contribution in [0.15, 0.2) is 29.3 Å². The van der Waals surface area contributed by atoms with Crippen LogP contribution in [0.4, 0.5) is 4.39 Å². The third-order valence-corrected chi connectivity index (χ3v) is 4.37. The monoisotopic (exact) mass is 352 g/mol. The maximum absolute atomic E-state index is 13.5. The smallest absolute Gasteiger partial charge is 0.346 e. The van der Waals surface area contributed by atoms with Crippen molar-refractivity contribution >= 4 is 17.5 Å². The predicted octanol–water partition coefficient (Wildman–Crippen LogP) is 2.12. The van der Waals surface area contributed by atoms with E-state index in [2.05, 4.69) is 10.4 Å². The molecule has 0 spiro atoms. The van der Waals surface area contributed by atoms with Gasteiger partial charge in [-0.15, -0.1) is 0 Å². The molecule has 0 saturated heterocycles. The minimum absolute atomic E-state index is 0.0342. The van der Waals surface area contributed by atoms with Gasteiger partial charge in [-0.05, 0) is 43.4 Å². The van der Waals surface area contributed by atoms with Gasteiger partial charge in [-0.25, -0.2) is 13.9 Å². The molecule has 1 aliphatic carbocycles. The molecule has 1 aromatic carbocycles. The lowest BCUT2D eigenvalue weighted by atomic mass is 10.1. The van der Waals surface area contributed by atoms with Crippen molar-refractivity contribution in [3.8, 4) is 0 Å². The van der Waals surface area contributed by atoms with Crippen LogP contribution >= 0.6 is 11.6 Å².